The molecular formula is C44H32N5+. The molecule has 3 atom stereocenters. The van der Waals surface area contributed by atoms with Crippen LogP contribution in [0.25, 0.3) is 28.3 Å². The predicted octanol–water partition coefficient (Wildman–Crippen LogP) is 9.91. The number of anilines is 2. The Morgan fingerprint density at radius 3 is 1.71 bits per heavy atom. The van der Waals surface area contributed by atoms with Gasteiger partial charge in [0.15, 0.2) is 23.0 Å². The fourth-order valence-corrected chi connectivity index (χ4v) is 8.46. The maximum Gasteiger partial charge on any atom is 0.234 e. The van der Waals surface area contributed by atoms with Gasteiger partial charge in [-0.1, -0.05) is 133 Å². The van der Waals surface area contributed by atoms with Crippen molar-refractivity contribution < 1.29 is 0 Å². The Hall–Kier alpha value is -6.17. The summed E-state index contributed by atoms with van der Waals surface area (Å²) < 4.78 is 0.564. The summed E-state index contributed by atoms with van der Waals surface area (Å²) in [7, 11) is 2.36. The average molecular weight is 631 g/mol. The van der Waals surface area contributed by atoms with Crippen LogP contribution in [0.2, 0.25) is 0 Å². The van der Waals surface area contributed by atoms with Crippen molar-refractivity contribution in [1.29, 1.82) is 0 Å². The van der Waals surface area contributed by atoms with Crippen LogP contribution in [0.3, 0.4) is 0 Å². The molecule has 5 heteroatoms. The highest BCUT2D eigenvalue weighted by Gasteiger charge is 2.58. The molecule has 3 heterocycles. The number of likely N-dealkylation sites (N-methyl/N-ethyl adjacent to an activating group) is 1. The van der Waals surface area contributed by atoms with Gasteiger partial charge in [0.1, 0.15) is 11.7 Å². The molecule has 0 saturated carbocycles. The van der Waals surface area contributed by atoms with Crippen LogP contribution < -0.4 is 9.38 Å². The molecule has 232 valence electrons. The summed E-state index contributed by atoms with van der Waals surface area (Å²) in [6.45, 7) is 0. The quantitative estimate of drug-likeness (QED) is 0.182. The highest BCUT2D eigenvalue weighted by Crippen LogP contribution is 2.63. The highest BCUT2D eigenvalue weighted by molar-refractivity contribution is 6.00. The van der Waals surface area contributed by atoms with Gasteiger partial charge in [-0.2, -0.15) is 9.97 Å². The summed E-state index contributed by atoms with van der Waals surface area (Å²) in [5.41, 5.74) is 13.4. The molecule has 5 nitrogen and oxygen atoms in total. The summed E-state index contributed by atoms with van der Waals surface area (Å²) in [5, 5.41) is 0. The van der Waals surface area contributed by atoms with Gasteiger partial charge in [-0.3, -0.25) is 4.90 Å². The minimum absolute atomic E-state index is 0.0683. The molecule has 3 unspecified atom stereocenters. The molecule has 7 aromatic rings. The molecule has 0 N–H and O–H groups in total. The van der Waals surface area contributed by atoms with E-state index in [0.29, 0.717) is 22.1 Å². The molecule has 0 fully saturated rings. The minimum Gasteiger partial charge on any atom is -0.296 e. The number of nitrogens with zero attached hydrogens (tertiary/aromatic N) is 5. The van der Waals surface area contributed by atoms with Crippen molar-refractivity contribution in [3.63, 3.8) is 0 Å². The fraction of sp³-hybridized carbons (Fsp3) is 0.0682. The van der Waals surface area contributed by atoms with Gasteiger partial charge in [-0.25, -0.2) is 9.47 Å². The first-order valence-corrected chi connectivity index (χ1v) is 16.8. The second-order valence-corrected chi connectivity index (χ2v) is 13.1. The van der Waals surface area contributed by atoms with Crippen LogP contribution in [0, 0.1) is 0 Å². The zero-order valence-electron chi connectivity index (χ0n) is 27.0. The molecule has 10 rings (SSSR count). The van der Waals surface area contributed by atoms with Crippen LogP contribution in [0.15, 0.2) is 169 Å². The van der Waals surface area contributed by atoms with Gasteiger partial charge in [-0.15, -0.1) is 0 Å². The van der Waals surface area contributed by atoms with Crippen LogP contribution >= 0.6 is 0 Å². The summed E-state index contributed by atoms with van der Waals surface area (Å²) >= 11 is 0. The summed E-state index contributed by atoms with van der Waals surface area (Å²) in [6, 6.07) is 58.1. The maximum absolute atomic E-state index is 5.32. The molecule has 0 spiro atoms. The van der Waals surface area contributed by atoms with Crippen LogP contribution in [-0.2, 0) is 0 Å². The van der Waals surface area contributed by atoms with E-state index in [1.165, 1.54) is 44.9 Å². The third-order valence-electron chi connectivity index (χ3n) is 10.5. The first-order valence-electron chi connectivity index (χ1n) is 16.8. The zero-order valence-corrected chi connectivity index (χ0v) is 27.0. The number of fused-ring (bicyclic) bond motifs is 9. The Balaban J connectivity index is 1.30. The normalized spacial score (nSPS) is 19.9. The molecule has 3 aliphatic rings. The Kier molecular flexibility index (Phi) is 6.08. The lowest BCUT2D eigenvalue weighted by molar-refractivity contribution is 0.493. The first kappa shape index (κ1) is 27.9. The van der Waals surface area contributed by atoms with E-state index in [2.05, 4.69) is 139 Å². The van der Waals surface area contributed by atoms with E-state index in [9.17, 15) is 0 Å². The van der Waals surface area contributed by atoms with Gasteiger partial charge in [0, 0.05) is 34.4 Å². The fourth-order valence-electron chi connectivity index (χ4n) is 8.46. The van der Waals surface area contributed by atoms with E-state index in [-0.39, 0.29) is 12.0 Å². The van der Waals surface area contributed by atoms with Gasteiger partial charge < -0.3 is 0 Å². The predicted molar refractivity (Wildman–Crippen MR) is 198 cm³/mol. The lowest BCUT2D eigenvalue weighted by atomic mass is 9.75. The second-order valence-electron chi connectivity index (χ2n) is 13.1. The number of rotatable bonds is 4. The molecule has 1 aliphatic carbocycles. The second kappa shape index (κ2) is 10.7. The van der Waals surface area contributed by atoms with Crippen molar-refractivity contribution in [3.8, 4) is 22.8 Å². The number of benzene rings is 6. The first-order chi connectivity index (χ1) is 24.2. The topological polar surface area (TPSA) is 41.9 Å². The molecule has 0 bridgehead atoms. The Bertz CT molecular complexity index is 2360. The van der Waals surface area contributed by atoms with Gasteiger partial charge >= 0.3 is 0 Å². The highest BCUT2D eigenvalue weighted by atomic mass is 15.4. The summed E-state index contributed by atoms with van der Waals surface area (Å²) in [6.07, 6.45) is 0. The number of hydrogen-bond donors (Lipinski definition) is 0. The van der Waals surface area contributed by atoms with E-state index in [1.54, 1.807) is 0 Å². The van der Waals surface area contributed by atoms with Crippen LogP contribution in [0.4, 0.5) is 23.0 Å². The third-order valence-corrected chi connectivity index (χ3v) is 10.5. The van der Waals surface area contributed by atoms with Crippen molar-refractivity contribution in [2.75, 3.05) is 11.9 Å². The van der Waals surface area contributed by atoms with Crippen molar-refractivity contribution in [3.05, 3.63) is 192 Å². The average Bonchev–Trinajstić information content (AvgIpc) is 3.67. The Morgan fingerprint density at radius 2 is 1.04 bits per heavy atom. The number of para-hydroxylation sites is 3. The van der Waals surface area contributed by atoms with Crippen molar-refractivity contribution in [1.82, 2.24) is 19.4 Å². The minimum atomic E-state index is -0.102. The van der Waals surface area contributed by atoms with E-state index in [4.69, 9.17) is 15.0 Å². The molecule has 0 saturated heterocycles. The molecule has 2 aliphatic heterocycles. The molecule has 6 aromatic carbocycles. The van der Waals surface area contributed by atoms with Gasteiger partial charge in [0.25, 0.3) is 0 Å². The van der Waals surface area contributed by atoms with Crippen molar-refractivity contribution in [2.24, 2.45) is 0 Å². The van der Waals surface area contributed by atoms with E-state index < -0.39 is 0 Å². The van der Waals surface area contributed by atoms with Crippen LogP contribution in [0.1, 0.15) is 28.2 Å². The molecule has 49 heavy (non-hydrogen) atoms. The standard InChI is InChI=1S/C44H32N5/c1-49(31-21-9-4-10-22-31)37-28-16-14-26-35(37)39-33-24-12-11-23-32(33)38-34-25-13-15-27-36(34)48(40(38)41(39)49)44-46-42(29-17-5-2-6-18-29)45-43(47-44)30-19-7-3-8-20-30/h2-28,38,40H,1H3/q+1. The molecule has 1 aromatic heterocycles. The van der Waals surface area contributed by atoms with E-state index in [0.717, 1.165) is 16.8 Å². The monoisotopic (exact) mass is 630 g/mol. The molecule has 0 radical (unpaired) electrons. The van der Waals surface area contributed by atoms with Crippen molar-refractivity contribution in [2.45, 2.75) is 12.0 Å². The number of hydrogen-bond acceptors (Lipinski definition) is 4. The maximum atomic E-state index is 5.32. The SMILES string of the molecule is C[N+]1(c2ccccc2)C2=C(c3ccccc3C3c4ccccc4N(c4nc(-c5ccccc5)nc(-c5ccccc5)n4)C23)c2ccccc21. The largest absolute Gasteiger partial charge is 0.296 e. The lowest BCUT2D eigenvalue weighted by Gasteiger charge is -2.41. The number of quaternary nitrogens is 1. The molecular weight excluding hydrogens is 599 g/mol. The molecule has 0 amide bonds. The Labute approximate surface area is 285 Å². The van der Waals surface area contributed by atoms with Gasteiger partial charge in [0.2, 0.25) is 5.95 Å². The Morgan fingerprint density at radius 1 is 0.510 bits per heavy atom. The summed E-state index contributed by atoms with van der Waals surface area (Å²) in [4.78, 5) is 18.1. The van der Waals surface area contributed by atoms with E-state index >= 15 is 0 Å². The number of aromatic nitrogens is 3. The van der Waals surface area contributed by atoms with Crippen LogP contribution in [-0.4, -0.2) is 28.0 Å². The smallest absolute Gasteiger partial charge is 0.234 e. The lowest BCUT2D eigenvalue weighted by Crippen LogP contribution is -2.48. The zero-order chi connectivity index (χ0) is 32.5. The third kappa shape index (κ3) is 4.00. The summed E-state index contributed by atoms with van der Waals surface area (Å²) in [5.74, 6) is 2.03. The van der Waals surface area contributed by atoms with Crippen molar-refractivity contribution >= 4 is 28.6 Å². The van der Waals surface area contributed by atoms with Crippen LogP contribution in [0.5, 0.6) is 0 Å². The van der Waals surface area contributed by atoms with E-state index in [1.807, 2.05) is 36.4 Å². The van der Waals surface area contributed by atoms with Gasteiger partial charge in [-0.05, 0) is 41.0 Å². The van der Waals surface area contributed by atoms with Gasteiger partial charge in [0.05, 0.1) is 12.6 Å².